The predicted molar refractivity (Wildman–Crippen MR) is 131 cm³/mol. The van der Waals surface area contributed by atoms with E-state index in [4.69, 9.17) is 11.6 Å². The molecule has 2 aliphatic rings. The fourth-order valence-electron chi connectivity index (χ4n) is 4.57. The van der Waals surface area contributed by atoms with Crippen molar-refractivity contribution < 1.29 is 14.3 Å². The van der Waals surface area contributed by atoms with Gasteiger partial charge in [-0.3, -0.25) is 15.1 Å². The van der Waals surface area contributed by atoms with Gasteiger partial charge < -0.3 is 5.11 Å². The number of hydrogen-bond donors (Lipinski definition) is 2. The van der Waals surface area contributed by atoms with Crippen LogP contribution in [0.1, 0.15) is 35.6 Å². The average Bonchev–Trinajstić information content (AvgIpc) is 3.34. The number of nitrogens with zero attached hydrogens (tertiary/aromatic N) is 1. The molecule has 7 heteroatoms. The Morgan fingerprint density at radius 2 is 1.82 bits per heavy atom. The molecule has 2 N–H and O–H groups in total. The highest BCUT2D eigenvalue weighted by molar-refractivity contribution is 7.10. The Kier molecular flexibility index (Phi) is 5.64. The van der Waals surface area contributed by atoms with Crippen LogP contribution in [-0.4, -0.2) is 16.7 Å². The number of aliphatic hydroxyl groups excluding tert-OH is 1. The summed E-state index contributed by atoms with van der Waals surface area (Å²) in [7, 11) is 0. The van der Waals surface area contributed by atoms with Crippen LogP contribution in [0.25, 0.3) is 5.76 Å². The van der Waals surface area contributed by atoms with Crippen molar-refractivity contribution in [2.45, 2.75) is 25.2 Å². The Bertz CT molecular complexity index is 1300. The van der Waals surface area contributed by atoms with E-state index in [-0.39, 0.29) is 23.2 Å². The second-order valence-corrected chi connectivity index (χ2v) is 9.43. The van der Waals surface area contributed by atoms with Gasteiger partial charge in [-0.15, -0.1) is 11.3 Å². The number of amidine groups is 1. The number of nitrogens with one attached hydrogen (secondary N) is 1. The van der Waals surface area contributed by atoms with Crippen molar-refractivity contribution in [3.05, 3.63) is 104 Å². The molecule has 33 heavy (non-hydrogen) atoms. The van der Waals surface area contributed by atoms with Gasteiger partial charge in [0.1, 0.15) is 17.4 Å². The van der Waals surface area contributed by atoms with Crippen LogP contribution in [0.5, 0.6) is 0 Å². The number of carbonyl (C=O) groups is 1. The number of rotatable bonds is 3. The lowest BCUT2D eigenvalue weighted by atomic mass is 9.76. The lowest BCUT2D eigenvalue weighted by molar-refractivity contribution is -0.116. The van der Waals surface area contributed by atoms with Gasteiger partial charge in [0.25, 0.3) is 0 Å². The van der Waals surface area contributed by atoms with Crippen molar-refractivity contribution in [3.63, 3.8) is 0 Å². The number of benzene rings is 2. The molecule has 1 aromatic heterocycles. The van der Waals surface area contributed by atoms with Gasteiger partial charge in [0, 0.05) is 38.8 Å². The summed E-state index contributed by atoms with van der Waals surface area (Å²) < 4.78 is 13.7. The normalized spacial score (nSPS) is 20.2. The van der Waals surface area contributed by atoms with Gasteiger partial charge in [-0.2, -0.15) is 0 Å². The molecule has 1 atom stereocenters. The monoisotopic (exact) mass is 478 g/mol. The maximum Gasteiger partial charge on any atom is 0.161 e. The molecule has 0 bridgehead atoms. The van der Waals surface area contributed by atoms with E-state index in [0.29, 0.717) is 46.7 Å². The van der Waals surface area contributed by atoms with Crippen LogP contribution < -0.4 is 4.90 Å². The Labute approximate surface area is 199 Å². The summed E-state index contributed by atoms with van der Waals surface area (Å²) in [4.78, 5) is 15.9. The number of hydrogen-bond acceptors (Lipinski definition) is 4. The molecule has 1 unspecified atom stereocenters. The topological polar surface area (TPSA) is 64.4 Å². The predicted octanol–water partition coefficient (Wildman–Crippen LogP) is 7.10. The van der Waals surface area contributed by atoms with Crippen LogP contribution in [0.3, 0.4) is 0 Å². The summed E-state index contributed by atoms with van der Waals surface area (Å²) in [6.07, 6.45) is 1.72. The third-order valence-corrected chi connectivity index (χ3v) is 7.23. The maximum absolute atomic E-state index is 13.7. The van der Waals surface area contributed by atoms with Crippen molar-refractivity contribution >= 4 is 46.0 Å². The van der Waals surface area contributed by atoms with Gasteiger partial charge in [-0.25, -0.2) is 4.39 Å². The van der Waals surface area contributed by atoms with Crippen molar-refractivity contribution in [1.29, 1.82) is 5.41 Å². The van der Waals surface area contributed by atoms with Gasteiger partial charge in [0.15, 0.2) is 5.78 Å². The standard InChI is InChI=1S/C26H20ClFN2O2S/c27-16-8-6-15(7-9-16)25(32)24-23(21-5-2-14-33-21)22-19(3-1-4-20(22)31)30(26(24)29)18-12-10-17(28)11-13-18/h2,5-14,23,29,32H,1,3-4H2/b25-24+,29-26?. The molecule has 0 saturated carbocycles. The zero-order valence-electron chi connectivity index (χ0n) is 17.5. The van der Waals surface area contributed by atoms with E-state index >= 15 is 0 Å². The smallest absolute Gasteiger partial charge is 0.161 e. The molecule has 0 spiro atoms. The van der Waals surface area contributed by atoms with E-state index in [1.165, 1.54) is 23.5 Å². The fourth-order valence-corrected chi connectivity index (χ4v) is 5.54. The maximum atomic E-state index is 13.7. The zero-order chi connectivity index (χ0) is 23.1. The molecule has 1 aliphatic carbocycles. The van der Waals surface area contributed by atoms with Crippen LogP contribution in [-0.2, 0) is 4.79 Å². The van der Waals surface area contributed by atoms with Crippen molar-refractivity contribution in [2.75, 3.05) is 4.90 Å². The number of allylic oxidation sites excluding steroid dienone is 2. The van der Waals surface area contributed by atoms with E-state index in [1.54, 1.807) is 41.3 Å². The molecule has 1 aliphatic heterocycles. The van der Waals surface area contributed by atoms with E-state index in [9.17, 15) is 19.7 Å². The van der Waals surface area contributed by atoms with Gasteiger partial charge in [-0.05, 0) is 72.8 Å². The Hall–Kier alpha value is -3.22. The second kappa shape index (κ2) is 8.61. The quantitative estimate of drug-likeness (QED) is 0.394. The first-order valence-corrected chi connectivity index (χ1v) is 11.8. The molecule has 2 heterocycles. The molecule has 0 saturated heterocycles. The minimum Gasteiger partial charge on any atom is -0.507 e. The highest BCUT2D eigenvalue weighted by Gasteiger charge is 2.43. The van der Waals surface area contributed by atoms with Crippen molar-refractivity contribution in [3.8, 4) is 0 Å². The lowest BCUT2D eigenvalue weighted by Crippen LogP contribution is -2.42. The number of thiophene rings is 1. The minimum atomic E-state index is -0.548. The Balaban J connectivity index is 1.80. The Morgan fingerprint density at radius 1 is 1.09 bits per heavy atom. The van der Waals surface area contributed by atoms with Crippen LogP contribution in [0.15, 0.2) is 82.9 Å². The summed E-state index contributed by atoms with van der Waals surface area (Å²) in [5, 5.41) is 23.1. The highest BCUT2D eigenvalue weighted by atomic mass is 35.5. The van der Waals surface area contributed by atoms with Gasteiger partial charge in [-0.1, -0.05) is 17.7 Å². The van der Waals surface area contributed by atoms with E-state index < -0.39 is 5.92 Å². The second-order valence-electron chi connectivity index (χ2n) is 8.02. The largest absolute Gasteiger partial charge is 0.507 e. The molecule has 0 amide bonds. The zero-order valence-corrected chi connectivity index (χ0v) is 19.1. The molecular formula is C26H20ClFN2O2S. The number of carbonyl (C=O) groups excluding carboxylic acids is 1. The first-order chi connectivity index (χ1) is 16.0. The third-order valence-electron chi connectivity index (χ3n) is 6.04. The first-order valence-electron chi connectivity index (χ1n) is 10.6. The average molecular weight is 479 g/mol. The number of Topliss-reactive ketones (excluding diaryl/α,β-unsaturated/α-hetero) is 1. The number of halogens is 2. The van der Waals surface area contributed by atoms with Crippen LogP contribution in [0, 0.1) is 11.2 Å². The molecule has 4 nitrogen and oxygen atoms in total. The van der Waals surface area contributed by atoms with Crippen LogP contribution >= 0.6 is 22.9 Å². The van der Waals surface area contributed by atoms with Gasteiger partial charge in [0.05, 0.1) is 11.5 Å². The number of anilines is 1. The summed E-state index contributed by atoms with van der Waals surface area (Å²) in [6, 6.07) is 16.4. The van der Waals surface area contributed by atoms with Gasteiger partial charge >= 0.3 is 0 Å². The molecular weight excluding hydrogens is 459 g/mol. The van der Waals surface area contributed by atoms with Gasteiger partial charge in [0.2, 0.25) is 0 Å². The fraction of sp³-hybridized carbons (Fsp3) is 0.154. The van der Waals surface area contributed by atoms with Crippen molar-refractivity contribution in [2.24, 2.45) is 0 Å². The number of ketones is 1. The minimum absolute atomic E-state index is 0.00988. The van der Waals surface area contributed by atoms with Crippen LogP contribution in [0.2, 0.25) is 5.02 Å². The molecule has 2 aromatic carbocycles. The molecule has 3 aromatic rings. The Morgan fingerprint density at radius 3 is 2.48 bits per heavy atom. The highest BCUT2D eigenvalue weighted by Crippen LogP contribution is 2.48. The number of aliphatic hydroxyl groups is 1. The summed E-state index contributed by atoms with van der Waals surface area (Å²) >= 11 is 7.53. The SMILES string of the molecule is N=C1/C(=C(/O)c2ccc(Cl)cc2)C(c2cccs2)C2=C(CCCC2=O)N1c1ccc(F)cc1. The lowest BCUT2D eigenvalue weighted by Gasteiger charge is -2.41. The van der Waals surface area contributed by atoms with E-state index in [0.717, 1.165) is 10.6 Å². The molecule has 0 radical (unpaired) electrons. The molecule has 166 valence electrons. The summed E-state index contributed by atoms with van der Waals surface area (Å²) in [5.74, 6) is -0.927. The summed E-state index contributed by atoms with van der Waals surface area (Å²) in [5.41, 5.74) is 2.77. The molecule has 0 fully saturated rings. The molecule has 5 rings (SSSR count). The summed E-state index contributed by atoms with van der Waals surface area (Å²) in [6.45, 7) is 0. The van der Waals surface area contributed by atoms with Crippen molar-refractivity contribution in [1.82, 2.24) is 0 Å². The van der Waals surface area contributed by atoms with E-state index in [1.807, 2.05) is 17.5 Å². The van der Waals surface area contributed by atoms with Crippen LogP contribution in [0.4, 0.5) is 10.1 Å². The van der Waals surface area contributed by atoms with E-state index in [2.05, 4.69) is 0 Å². The first kappa shape index (κ1) is 21.6. The third kappa shape index (κ3) is 3.79.